The molecule has 1 aliphatic rings. The Morgan fingerprint density at radius 2 is 2.16 bits per heavy atom. The van der Waals surface area contributed by atoms with Gasteiger partial charge in [0, 0.05) is 18.7 Å². The lowest BCUT2D eigenvalue weighted by molar-refractivity contribution is -0.123. The van der Waals surface area contributed by atoms with Crippen molar-refractivity contribution in [1.82, 2.24) is 15.3 Å². The van der Waals surface area contributed by atoms with E-state index in [2.05, 4.69) is 15.3 Å². The first-order valence-electron chi connectivity index (χ1n) is 8.25. The number of amides is 1. The Hall–Kier alpha value is -2.54. The predicted octanol–water partition coefficient (Wildman–Crippen LogP) is 2.20. The van der Waals surface area contributed by atoms with Gasteiger partial charge in [-0.25, -0.2) is 14.4 Å². The van der Waals surface area contributed by atoms with Gasteiger partial charge >= 0.3 is 0 Å². The van der Waals surface area contributed by atoms with Crippen molar-refractivity contribution in [3.8, 4) is 5.75 Å². The van der Waals surface area contributed by atoms with Gasteiger partial charge in [0.05, 0.1) is 18.8 Å². The van der Waals surface area contributed by atoms with Crippen LogP contribution >= 0.6 is 0 Å². The number of rotatable bonds is 6. The molecule has 1 aliphatic heterocycles. The number of nitrogens with zero attached hydrogens (tertiary/aromatic N) is 2. The molecule has 25 heavy (non-hydrogen) atoms. The van der Waals surface area contributed by atoms with Crippen LogP contribution in [-0.4, -0.2) is 35.7 Å². The van der Waals surface area contributed by atoms with E-state index in [4.69, 9.17) is 9.47 Å². The third-order valence-electron chi connectivity index (χ3n) is 3.91. The summed E-state index contributed by atoms with van der Waals surface area (Å²) >= 11 is 0. The normalized spacial score (nSPS) is 17.1. The fourth-order valence-corrected chi connectivity index (χ4v) is 2.57. The van der Waals surface area contributed by atoms with Crippen LogP contribution in [0.3, 0.4) is 0 Å². The molecule has 2 aromatic rings. The third-order valence-corrected chi connectivity index (χ3v) is 3.91. The summed E-state index contributed by atoms with van der Waals surface area (Å²) in [6, 6.07) is 7.29. The highest BCUT2D eigenvalue weighted by molar-refractivity contribution is 5.77. The number of hydrogen-bond donors (Lipinski definition) is 1. The van der Waals surface area contributed by atoms with Gasteiger partial charge in [-0.3, -0.25) is 4.79 Å². The summed E-state index contributed by atoms with van der Waals surface area (Å²) < 4.78 is 23.6. The summed E-state index contributed by atoms with van der Waals surface area (Å²) in [5, 5.41) is 2.75. The Morgan fingerprint density at radius 3 is 2.92 bits per heavy atom. The number of carbonyl (C=O) groups excluding carboxylic acids is 1. The Balaban J connectivity index is 1.47. The van der Waals surface area contributed by atoms with Crippen LogP contribution < -0.4 is 10.1 Å². The SMILES string of the molecule is O=C(COc1ccc(F)cc1)NCc1ccnc(C2CCCOC2)n1. The van der Waals surface area contributed by atoms with Gasteiger partial charge in [0.25, 0.3) is 5.91 Å². The highest BCUT2D eigenvalue weighted by Gasteiger charge is 2.18. The highest BCUT2D eigenvalue weighted by atomic mass is 19.1. The summed E-state index contributed by atoms with van der Waals surface area (Å²) in [5.74, 6) is 0.795. The average Bonchev–Trinajstić information content (AvgIpc) is 2.67. The summed E-state index contributed by atoms with van der Waals surface area (Å²) in [6.07, 6.45) is 3.73. The van der Waals surface area contributed by atoms with Crippen LogP contribution in [0.15, 0.2) is 36.5 Å². The van der Waals surface area contributed by atoms with Crippen molar-refractivity contribution in [3.63, 3.8) is 0 Å². The molecule has 0 aliphatic carbocycles. The molecule has 0 radical (unpaired) electrons. The second kappa shape index (κ2) is 8.53. The number of halogens is 1. The van der Waals surface area contributed by atoms with Crippen molar-refractivity contribution in [2.75, 3.05) is 19.8 Å². The van der Waals surface area contributed by atoms with Gasteiger partial charge in [-0.2, -0.15) is 0 Å². The molecular formula is C18H20FN3O3. The molecule has 1 unspecified atom stereocenters. The molecule has 0 spiro atoms. The van der Waals surface area contributed by atoms with Gasteiger partial charge in [-0.1, -0.05) is 0 Å². The van der Waals surface area contributed by atoms with Crippen LogP contribution in [0, 0.1) is 5.82 Å². The topological polar surface area (TPSA) is 73.3 Å². The average molecular weight is 345 g/mol. The molecular weight excluding hydrogens is 325 g/mol. The molecule has 0 bridgehead atoms. The zero-order chi connectivity index (χ0) is 17.5. The van der Waals surface area contributed by atoms with Crippen molar-refractivity contribution in [2.24, 2.45) is 0 Å². The van der Waals surface area contributed by atoms with Crippen molar-refractivity contribution in [3.05, 3.63) is 53.9 Å². The van der Waals surface area contributed by atoms with E-state index in [1.807, 2.05) is 0 Å². The Bertz CT molecular complexity index is 703. The minimum atomic E-state index is -0.347. The standard InChI is InChI=1S/C18H20FN3O3/c19-14-3-5-16(6-4-14)25-12-17(23)21-10-15-7-8-20-18(22-15)13-2-1-9-24-11-13/h3-8,13H,1-2,9-12H2,(H,21,23). The van der Waals surface area contributed by atoms with Crippen LogP contribution in [0.25, 0.3) is 0 Å². The van der Waals surface area contributed by atoms with E-state index >= 15 is 0 Å². The monoisotopic (exact) mass is 345 g/mol. The van der Waals surface area contributed by atoms with Crippen LogP contribution in [0.2, 0.25) is 0 Å². The molecule has 1 aromatic carbocycles. The highest BCUT2D eigenvalue weighted by Crippen LogP contribution is 2.22. The minimum Gasteiger partial charge on any atom is -0.484 e. The second-order valence-electron chi connectivity index (χ2n) is 5.84. The number of ether oxygens (including phenoxy) is 2. The van der Waals surface area contributed by atoms with Crippen LogP contribution in [-0.2, 0) is 16.1 Å². The quantitative estimate of drug-likeness (QED) is 0.869. The van der Waals surface area contributed by atoms with Crippen molar-refractivity contribution < 1.29 is 18.7 Å². The molecule has 132 valence electrons. The first-order chi connectivity index (χ1) is 12.2. The van der Waals surface area contributed by atoms with E-state index in [9.17, 15) is 9.18 Å². The zero-order valence-electron chi connectivity index (χ0n) is 13.8. The number of hydrogen-bond acceptors (Lipinski definition) is 5. The van der Waals surface area contributed by atoms with Gasteiger partial charge in [0.2, 0.25) is 0 Å². The predicted molar refractivity (Wildman–Crippen MR) is 88.6 cm³/mol. The molecule has 1 aromatic heterocycles. The zero-order valence-corrected chi connectivity index (χ0v) is 13.8. The minimum absolute atomic E-state index is 0.139. The lowest BCUT2D eigenvalue weighted by Crippen LogP contribution is -2.29. The van der Waals surface area contributed by atoms with Crippen LogP contribution in [0.1, 0.15) is 30.3 Å². The number of carbonyl (C=O) groups is 1. The summed E-state index contributed by atoms with van der Waals surface area (Å²) in [5.41, 5.74) is 0.741. The van der Waals surface area contributed by atoms with Gasteiger partial charge < -0.3 is 14.8 Å². The van der Waals surface area contributed by atoms with Crippen molar-refractivity contribution in [2.45, 2.75) is 25.3 Å². The van der Waals surface area contributed by atoms with Gasteiger partial charge in [0.1, 0.15) is 17.4 Å². The van der Waals surface area contributed by atoms with Gasteiger partial charge in [-0.15, -0.1) is 0 Å². The van der Waals surface area contributed by atoms with Crippen LogP contribution in [0.4, 0.5) is 4.39 Å². The van der Waals surface area contributed by atoms with E-state index in [-0.39, 0.29) is 24.2 Å². The van der Waals surface area contributed by atoms with Crippen LogP contribution in [0.5, 0.6) is 5.75 Å². The summed E-state index contributed by atoms with van der Waals surface area (Å²) in [7, 11) is 0. The molecule has 1 saturated heterocycles. The fraction of sp³-hybridized carbons (Fsp3) is 0.389. The van der Waals surface area contributed by atoms with E-state index in [0.717, 1.165) is 31.0 Å². The van der Waals surface area contributed by atoms with E-state index in [0.29, 0.717) is 18.9 Å². The van der Waals surface area contributed by atoms with E-state index in [1.165, 1.54) is 24.3 Å². The van der Waals surface area contributed by atoms with E-state index in [1.54, 1.807) is 12.3 Å². The molecule has 2 heterocycles. The summed E-state index contributed by atoms with van der Waals surface area (Å²) in [4.78, 5) is 20.7. The maximum absolute atomic E-state index is 12.8. The summed E-state index contributed by atoms with van der Waals surface area (Å²) in [6.45, 7) is 1.59. The first-order valence-corrected chi connectivity index (χ1v) is 8.25. The Kier molecular flexibility index (Phi) is 5.90. The Labute approximate surface area is 145 Å². The number of nitrogens with one attached hydrogen (secondary N) is 1. The first kappa shape index (κ1) is 17.3. The lowest BCUT2D eigenvalue weighted by Gasteiger charge is -2.20. The number of aromatic nitrogens is 2. The van der Waals surface area contributed by atoms with Gasteiger partial charge in [0.15, 0.2) is 6.61 Å². The third kappa shape index (κ3) is 5.22. The van der Waals surface area contributed by atoms with Crippen molar-refractivity contribution >= 4 is 5.91 Å². The lowest BCUT2D eigenvalue weighted by atomic mass is 10.0. The molecule has 6 nitrogen and oxygen atoms in total. The fourth-order valence-electron chi connectivity index (χ4n) is 2.57. The molecule has 1 atom stereocenters. The molecule has 7 heteroatoms. The molecule has 3 rings (SSSR count). The molecule has 0 saturated carbocycles. The smallest absolute Gasteiger partial charge is 0.258 e. The number of benzene rings is 1. The molecule has 1 N–H and O–H groups in total. The van der Waals surface area contributed by atoms with E-state index < -0.39 is 0 Å². The molecule has 1 fully saturated rings. The largest absolute Gasteiger partial charge is 0.484 e. The van der Waals surface area contributed by atoms with Crippen molar-refractivity contribution in [1.29, 1.82) is 0 Å². The van der Waals surface area contributed by atoms with Gasteiger partial charge in [-0.05, 0) is 43.2 Å². The maximum atomic E-state index is 12.8. The molecule has 1 amide bonds. The Morgan fingerprint density at radius 1 is 1.32 bits per heavy atom. The maximum Gasteiger partial charge on any atom is 0.258 e. The second-order valence-corrected chi connectivity index (χ2v) is 5.84.